The largest absolute Gasteiger partial charge is 0.336 e. The average molecular weight is 419 g/mol. The molecule has 0 N–H and O–H groups in total. The second kappa shape index (κ2) is 9.03. The smallest absolute Gasteiger partial charge is 0.253 e. The first-order valence-corrected chi connectivity index (χ1v) is 10.8. The molecule has 0 radical (unpaired) electrons. The van der Waals surface area contributed by atoms with Crippen LogP contribution in [-0.4, -0.2) is 41.9 Å². The van der Waals surface area contributed by atoms with Crippen molar-refractivity contribution in [2.45, 2.75) is 20.4 Å². The van der Waals surface area contributed by atoms with Crippen molar-refractivity contribution in [3.8, 4) is 11.1 Å². The molecule has 1 aliphatic rings. The van der Waals surface area contributed by atoms with Gasteiger partial charge in [-0.2, -0.15) is 0 Å². The third kappa shape index (κ3) is 4.58. The van der Waals surface area contributed by atoms with Gasteiger partial charge in [0.15, 0.2) is 0 Å². The van der Waals surface area contributed by atoms with Gasteiger partial charge in [-0.05, 0) is 54.3 Å². The predicted molar refractivity (Wildman–Crippen MR) is 124 cm³/mol. The zero-order valence-electron chi connectivity index (χ0n) is 17.6. The van der Waals surface area contributed by atoms with Gasteiger partial charge in [-0.25, -0.2) is 0 Å². The van der Waals surface area contributed by atoms with Crippen LogP contribution < -0.4 is 0 Å². The first-order chi connectivity index (χ1) is 14.5. The molecule has 0 saturated carbocycles. The van der Waals surface area contributed by atoms with Crippen molar-refractivity contribution in [2.75, 3.05) is 26.2 Å². The summed E-state index contributed by atoms with van der Waals surface area (Å²) in [4.78, 5) is 17.2. The summed E-state index contributed by atoms with van der Waals surface area (Å²) in [5.74, 6) is 0.129. The fourth-order valence-corrected chi connectivity index (χ4v) is 4.11. The molecule has 4 rings (SSSR count). The standard InChI is InChI=1S/C26H27ClN2O/c1-19-7-10-21(11-8-19)26(30)29-15-13-28(14-16-29)18-23-5-3-4-6-24(23)22-12-9-20(2)25(27)17-22/h3-12,17H,13-16,18H2,1-2H3. The van der Waals surface area contributed by atoms with E-state index in [0.29, 0.717) is 0 Å². The molecule has 0 unspecified atom stereocenters. The molecular weight excluding hydrogens is 392 g/mol. The SMILES string of the molecule is Cc1ccc(C(=O)N2CCN(Cc3ccccc3-c3ccc(C)c(Cl)c3)CC2)cc1. The van der Waals surface area contributed by atoms with E-state index in [9.17, 15) is 4.79 Å². The number of halogens is 1. The van der Waals surface area contributed by atoms with Crippen LogP contribution in [0.3, 0.4) is 0 Å². The fourth-order valence-electron chi connectivity index (χ4n) is 3.93. The molecule has 3 nitrogen and oxygen atoms in total. The molecule has 0 spiro atoms. The maximum absolute atomic E-state index is 12.8. The molecule has 30 heavy (non-hydrogen) atoms. The van der Waals surface area contributed by atoms with Crippen LogP contribution in [0.1, 0.15) is 27.0 Å². The van der Waals surface area contributed by atoms with E-state index in [-0.39, 0.29) is 5.91 Å². The van der Waals surface area contributed by atoms with E-state index in [1.165, 1.54) is 16.7 Å². The molecule has 0 atom stereocenters. The molecule has 1 amide bonds. The zero-order chi connectivity index (χ0) is 21.1. The quantitative estimate of drug-likeness (QED) is 0.552. The maximum atomic E-state index is 12.8. The van der Waals surface area contributed by atoms with Crippen LogP contribution in [0.2, 0.25) is 5.02 Å². The second-order valence-electron chi connectivity index (χ2n) is 8.06. The normalized spacial score (nSPS) is 14.7. The third-order valence-electron chi connectivity index (χ3n) is 5.85. The van der Waals surface area contributed by atoms with Crippen molar-refractivity contribution in [2.24, 2.45) is 0 Å². The van der Waals surface area contributed by atoms with E-state index in [0.717, 1.165) is 54.4 Å². The van der Waals surface area contributed by atoms with E-state index >= 15 is 0 Å². The highest BCUT2D eigenvalue weighted by Crippen LogP contribution is 2.29. The summed E-state index contributed by atoms with van der Waals surface area (Å²) in [6.45, 7) is 8.19. The van der Waals surface area contributed by atoms with Crippen molar-refractivity contribution < 1.29 is 4.79 Å². The van der Waals surface area contributed by atoms with E-state index < -0.39 is 0 Å². The Balaban J connectivity index is 1.43. The van der Waals surface area contributed by atoms with Crippen LogP contribution in [0, 0.1) is 13.8 Å². The number of rotatable bonds is 4. The summed E-state index contributed by atoms with van der Waals surface area (Å²) in [5.41, 5.74) is 6.69. The van der Waals surface area contributed by atoms with Gasteiger partial charge in [0, 0.05) is 43.3 Å². The van der Waals surface area contributed by atoms with Gasteiger partial charge in [0.1, 0.15) is 0 Å². The van der Waals surface area contributed by atoms with Crippen LogP contribution in [0.5, 0.6) is 0 Å². The van der Waals surface area contributed by atoms with E-state index in [4.69, 9.17) is 11.6 Å². The number of carbonyl (C=O) groups excluding carboxylic acids is 1. The van der Waals surface area contributed by atoms with Crippen LogP contribution in [0.15, 0.2) is 66.7 Å². The molecule has 0 bridgehead atoms. The third-order valence-corrected chi connectivity index (χ3v) is 6.26. The van der Waals surface area contributed by atoms with Crippen molar-refractivity contribution in [1.29, 1.82) is 0 Å². The molecule has 154 valence electrons. The van der Waals surface area contributed by atoms with E-state index in [1.807, 2.05) is 49.1 Å². The van der Waals surface area contributed by atoms with Gasteiger partial charge in [0.25, 0.3) is 5.91 Å². The zero-order valence-corrected chi connectivity index (χ0v) is 18.3. The first-order valence-electron chi connectivity index (χ1n) is 10.4. The number of aryl methyl sites for hydroxylation is 2. The summed E-state index contributed by atoms with van der Waals surface area (Å²) < 4.78 is 0. The lowest BCUT2D eigenvalue weighted by atomic mass is 9.98. The molecular formula is C26H27ClN2O. The Hall–Kier alpha value is -2.62. The van der Waals surface area contributed by atoms with Crippen LogP contribution in [0.25, 0.3) is 11.1 Å². The highest BCUT2D eigenvalue weighted by atomic mass is 35.5. The summed E-state index contributed by atoms with van der Waals surface area (Å²) in [6.07, 6.45) is 0. The minimum absolute atomic E-state index is 0.129. The molecule has 1 aliphatic heterocycles. The summed E-state index contributed by atoms with van der Waals surface area (Å²) in [5, 5.41) is 0.797. The predicted octanol–water partition coefficient (Wildman–Crippen LogP) is 5.58. The van der Waals surface area contributed by atoms with Crippen LogP contribution >= 0.6 is 11.6 Å². The number of amides is 1. The summed E-state index contributed by atoms with van der Waals surface area (Å²) >= 11 is 6.36. The Morgan fingerprint density at radius 2 is 1.60 bits per heavy atom. The van der Waals surface area contributed by atoms with Gasteiger partial charge in [0.2, 0.25) is 0 Å². The van der Waals surface area contributed by atoms with Crippen molar-refractivity contribution in [3.05, 3.63) is 94.0 Å². The molecule has 3 aromatic rings. The monoisotopic (exact) mass is 418 g/mol. The molecule has 1 fully saturated rings. The number of hydrogen-bond donors (Lipinski definition) is 0. The summed E-state index contributed by atoms with van der Waals surface area (Å²) in [7, 11) is 0. The number of nitrogens with zero attached hydrogens (tertiary/aromatic N) is 2. The molecule has 0 aliphatic carbocycles. The van der Waals surface area contributed by atoms with Crippen molar-refractivity contribution in [1.82, 2.24) is 9.80 Å². The van der Waals surface area contributed by atoms with E-state index in [1.54, 1.807) is 0 Å². The summed E-state index contributed by atoms with van der Waals surface area (Å²) in [6, 6.07) is 22.6. The Bertz CT molecular complexity index is 1040. The molecule has 4 heteroatoms. The second-order valence-corrected chi connectivity index (χ2v) is 8.46. The van der Waals surface area contributed by atoms with Gasteiger partial charge >= 0.3 is 0 Å². The molecule has 3 aromatic carbocycles. The number of piperazine rings is 1. The average Bonchev–Trinajstić information content (AvgIpc) is 2.77. The lowest BCUT2D eigenvalue weighted by Gasteiger charge is -2.35. The highest BCUT2D eigenvalue weighted by Gasteiger charge is 2.22. The van der Waals surface area contributed by atoms with Crippen LogP contribution in [0.4, 0.5) is 0 Å². The maximum Gasteiger partial charge on any atom is 0.253 e. The van der Waals surface area contributed by atoms with E-state index in [2.05, 4.69) is 41.3 Å². The molecule has 0 aromatic heterocycles. The first kappa shape index (κ1) is 20.6. The topological polar surface area (TPSA) is 23.6 Å². The highest BCUT2D eigenvalue weighted by molar-refractivity contribution is 6.31. The number of hydrogen-bond acceptors (Lipinski definition) is 2. The fraction of sp³-hybridized carbons (Fsp3) is 0.269. The number of benzene rings is 3. The Labute approximate surface area is 183 Å². The van der Waals surface area contributed by atoms with Gasteiger partial charge in [-0.15, -0.1) is 0 Å². The Kier molecular flexibility index (Phi) is 6.21. The lowest BCUT2D eigenvalue weighted by molar-refractivity contribution is 0.0628. The Morgan fingerprint density at radius 3 is 2.30 bits per heavy atom. The van der Waals surface area contributed by atoms with Gasteiger partial charge < -0.3 is 4.90 Å². The van der Waals surface area contributed by atoms with Gasteiger partial charge in [-0.3, -0.25) is 9.69 Å². The van der Waals surface area contributed by atoms with Gasteiger partial charge in [-0.1, -0.05) is 65.7 Å². The minimum atomic E-state index is 0.129. The molecule has 1 saturated heterocycles. The van der Waals surface area contributed by atoms with Gasteiger partial charge in [0.05, 0.1) is 0 Å². The minimum Gasteiger partial charge on any atom is -0.336 e. The number of carbonyl (C=O) groups is 1. The van der Waals surface area contributed by atoms with Crippen molar-refractivity contribution >= 4 is 17.5 Å². The van der Waals surface area contributed by atoms with Crippen molar-refractivity contribution in [3.63, 3.8) is 0 Å². The lowest BCUT2D eigenvalue weighted by Crippen LogP contribution is -2.48. The molecule has 1 heterocycles. The van der Waals surface area contributed by atoms with Crippen LogP contribution in [-0.2, 0) is 6.54 Å². The Morgan fingerprint density at radius 1 is 0.900 bits per heavy atom.